The molecule has 8 heavy (non-hydrogen) atoms. The molecule has 0 N–H and O–H groups in total. The van der Waals surface area contributed by atoms with Gasteiger partial charge in [-0.2, -0.15) is 0 Å². The summed E-state index contributed by atoms with van der Waals surface area (Å²) in [6.07, 6.45) is 3.18. The van der Waals surface area contributed by atoms with E-state index in [9.17, 15) is 4.79 Å². The molecule has 0 aromatic heterocycles. The van der Waals surface area contributed by atoms with Crippen molar-refractivity contribution in [3.8, 4) is 0 Å². The SMILES string of the molecule is O=C(OBr)C1CCC1. The Labute approximate surface area is 56.7 Å². The molecule has 1 aliphatic carbocycles. The predicted molar refractivity (Wildman–Crippen MR) is 32.4 cm³/mol. The van der Waals surface area contributed by atoms with Crippen molar-refractivity contribution < 1.29 is 8.62 Å². The second-order valence-electron chi connectivity index (χ2n) is 2.02. The van der Waals surface area contributed by atoms with Crippen LogP contribution in [0.4, 0.5) is 0 Å². The van der Waals surface area contributed by atoms with Gasteiger partial charge in [-0.15, -0.1) is 0 Å². The highest BCUT2D eigenvalue weighted by Gasteiger charge is 2.26. The molecule has 1 fully saturated rings. The summed E-state index contributed by atoms with van der Waals surface area (Å²) < 4.78 is 4.33. The molecule has 2 nitrogen and oxygen atoms in total. The summed E-state index contributed by atoms with van der Waals surface area (Å²) in [7, 11) is 0. The van der Waals surface area contributed by atoms with E-state index in [1.807, 2.05) is 0 Å². The lowest BCUT2D eigenvalue weighted by Crippen LogP contribution is -2.21. The molecule has 3 heteroatoms. The van der Waals surface area contributed by atoms with Crippen molar-refractivity contribution >= 4 is 22.2 Å². The number of hydrogen-bond acceptors (Lipinski definition) is 2. The summed E-state index contributed by atoms with van der Waals surface area (Å²) >= 11 is 2.64. The normalized spacial score (nSPS) is 19.6. The van der Waals surface area contributed by atoms with Crippen LogP contribution >= 0.6 is 16.3 Å². The van der Waals surface area contributed by atoms with E-state index in [-0.39, 0.29) is 11.9 Å². The zero-order valence-corrected chi connectivity index (χ0v) is 5.98. The van der Waals surface area contributed by atoms with Gasteiger partial charge in [-0.05, 0) is 12.8 Å². The second-order valence-corrected chi connectivity index (χ2v) is 2.35. The summed E-state index contributed by atoms with van der Waals surface area (Å²) in [5.74, 6) is 0.0747. The van der Waals surface area contributed by atoms with Crippen LogP contribution in [0.2, 0.25) is 0 Å². The molecule has 0 unspecified atom stereocenters. The monoisotopic (exact) mass is 178 g/mol. The van der Waals surface area contributed by atoms with Crippen LogP contribution in [-0.2, 0) is 8.62 Å². The molecule has 1 saturated carbocycles. The van der Waals surface area contributed by atoms with Crippen LogP contribution in [0.15, 0.2) is 0 Å². The zero-order chi connectivity index (χ0) is 5.98. The summed E-state index contributed by atoms with van der Waals surface area (Å²) in [5, 5.41) is 0. The Bertz CT molecular complexity index is 98.6. The fourth-order valence-corrected chi connectivity index (χ4v) is 0.971. The maximum atomic E-state index is 10.5. The van der Waals surface area contributed by atoms with Gasteiger partial charge in [0.2, 0.25) is 0 Å². The summed E-state index contributed by atoms with van der Waals surface area (Å²) in [5.41, 5.74) is 0. The molecule has 0 saturated heterocycles. The van der Waals surface area contributed by atoms with Crippen molar-refractivity contribution in [2.75, 3.05) is 0 Å². The number of carbonyl (C=O) groups excluding carboxylic acids is 1. The van der Waals surface area contributed by atoms with Gasteiger partial charge in [-0.3, -0.25) is 4.79 Å². The van der Waals surface area contributed by atoms with E-state index in [0.717, 1.165) is 12.8 Å². The minimum Gasteiger partial charge on any atom is -0.383 e. The summed E-state index contributed by atoms with van der Waals surface area (Å²) in [6, 6.07) is 0. The summed E-state index contributed by atoms with van der Waals surface area (Å²) in [6.45, 7) is 0. The van der Waals surface area contributed by atoms with Crippen molar-refractivity contribution in [1.29, 1.82) is 0 Å². The van der Waals surface area contributed by atoms with E-state index in [2.05, 4.69) is 20.1 Å². The highest BCUT2D eigenvalue weighted by atomic mass is 79.9. The first-order valence-corrected chi connectivity index (χ1v) is 3.32. The minimum atomic E-state index is -0.115. The molecular formula is C5H7BrO2. The molecule has 1 rings (SSSR count). The van der Waals surface area contributed by atoms with Gasteiger partial charge in [0.15, 0.2) is 16.3 Å². The van der Waals surface area contributed by atoms with Crippen molar-refractivity contribution in [3.05, 3.63) is 0 Å². The van der Waals surface area contributed by atoms with Crippen LogP contribution in [0.3, 0.4) is 0 Å². The van der Waals surface area contributed by atoms with Gasteiger partial charge in [0, 0.05) is 0 Å². The highest BCUT2D eigenvalue weighted by molar-refractivity contribution is 9.06. The van der Waals surface area contributed by atoms with E-state index in [4.69, 9.17) is 0 Å². The number of hydrogen-bond donors (Lipinski definition) is 0. The molecule has 0 spiro atoms. The van der Waals surface area contributed by atoms with E-state index in [1.54, 1.807) is 0 Å². The quantitative estimate of drug-likeness (QED) is 0.611. The first-order chi connectivity index (χ1) is 3.84. The Morgan fingerprint density at radius 3 is 2.38 bits per heavy atom. The van der Waals surface area contributed by atoms with Crippen molar-refractivity contribution in [2.45, 2.75) is 19.3 Å². The molecule has 0 aromatic carbocycles. The number of carbonyl (C=O) groups is 1. The van der Waals surface area contributed by atoms with Crippen LogP contribution in [0.1, 0.15) is 19.3 Å². The first-order valence-electron chi connectivity index (χ1n) is 2.67. The van der Waals surface area contributed by atoms with Gasteiger partial charge in [0.1, 0.15) is 0 Å². The van der Waals surface area contributed by atoms with Crippen LogP contribution in [0.25, 0.3) is 0 Å². The Balaban J connectivity index is 2.24. The molecule has 0 aromatic rings. The van der Waals surface area contributed by atoms with Crippen LogP contribution in [0, 0.1) is 5.92 Å². The van der Waals surface area contributed by atoms with Crippen molar-refractivity contribution in [3.63, 3.8) is 0 Å². The van der Waals surface area contributed by atoms with Gasteiger partial charge < -0.3 is 3.83 Å². The molecule has 0 heterocycles. The maximum Gasteiger partial charge on any atom is 0.320 e. The maximum absolute atomic E-state index is 10.5. The largest absolute Gasteiger partial charge is 0.383 e. The topological polar surface area (TPSA) is 26.3 Å². The highest BCUT2D eigenvalue weighted by Crippen LogP contribution is 2.27. The standard InChI is InChI=1S/C5H7BrO2/c6-8-5(7)4-2-1-3-4/h4H,1-3H2. The molecule has 1 aliphatic rings. The Hall–Kier alpha value is -0.0500. The van der Waals surface area contributed by atoms with Gasteiger partial charge in [0.25, 0.3) is 0 Å². The van der Waals surface area contributed by atoms with Gasteiger partial charge >= 0.3 is 5.97 Å². The first kappa shape index (κ1) is 6.08. The Morgan fingerprint density at radius 1 is 1.62 bits per heavy atom. The third-order valence-electron chi connectivity index (χ3n) is 1.51. The minimum absolute atomic E-state index is 0.115. The van der Waals surface area contributed by atoms with E-state index in [1.165, 1.54) is 6.42 Å². The molecular weight excluding hydrogens is 172 g/mol. The lowest BCUT2D eigenvalue weighted by Gasteiger charge is -2.20. The fourth-order valence-electron chi connectivity index (χ4n) is 0.707. The molecule has 0 atom stereocenters. The number of rotatable bonds is 1. The van der Waals surface area contributed by atoms with Gasteiger partial charge in [0.05, 0.1) is 5.92 Å². The average molecular weight is 179 g/mol. The van der Waals surface area contributed by atoms with E-state index >= 15 is 0 Å². The van der Waals surface area contributed by atoms with Gasteiger partial charge in [-0.25, -0.2) is 0 Å². The van der Waals surface area contributed by atoms with Crippen molar-refractivity contribution in [1.82, 2.24) is 0 Å². The molecule has 0 aliphatic heterocycles. The molecule has 0 amide bonds. The smallest absolute Gasteiger partial charge is 0.320 e. The van der Waals surface area contributed by atoms with Crippen molar-refractivity contribution in [2.24, 2.45) is 5.92 Å². The van der Waals surface area contributed by atoms with Gasteiger partial charge in [-0.1, -0.05) is 6.42 Å². The average Bonchev–Trinajstić information content (AvgIpc) is 1.62. The van der Waals surface area contributed by atoms with Crippen LogP contribution < -0.4 is 0 Å². The molecule has 46 valence electrons. The van der Waals surface area contributed by atoms with E-state index < -0.39 is 0 Å². The zero-order valence-electron chi connectivity index (χ0n) is 4.39. The fraction of sp³-hybridized carbons (Fsp3) is 0.800. The Morgan fingerprint density at radius 2 is 2.25 bits per heavy atom. The predicted octanol–water partition coefficient (Wildman–Crippen LogP) is 1.64. The lowest BCUT2D eigenvalue weighted by atomic mass is 9.86. The molecule has 0 bridgehead atoms. The lowest BCUT2D eigenvalue weighted by molar-refractivity contribution is -0.139. The number of halogens is 1. The Kier molecular flexibility index (Phi) is 1.89. The van der Waals surface area contributed by atoms with Crippen LogP contribution in [0.5, 0.6) is 0 Å². The van der Waals surface area contributed by atoms with E-state index in [0.29, 0.717) is 0 Å². The molecule has 0 radical (unpaired) electrons. The third-order valence-corrected chi connectivity index (χ3v) is 1.83. The second kappa shape index (κ2) is 2.49. The summed E-state index contributed by atoms with van der Waals surface area (Å²) in [4.78, 5) is 10.5. The van der Waals surface area contributed by atoms with Crippen LogP contribution in [-0.4, -0.2) is 5.97 Å². The third kappa shape index (κ3) is 1.02.